The van der Waals surface area contributed by atoms with Crippen LogP contribution in [0, 0.1) is 20.8 Å². The maximum Gasteiger partial charge on any atom is 0.322 e. The lowest BCUT2D eigenvalue weighted by molar-refractivity contribution is -0.139. The molecule has 5 heteroatoms. The second-order valence-electron chi connectivity index (χ2n) is 4.58. The Kier molecular flexibility index (Phi) is 4.92. The van der Waals surface area contributed by atoms with Crippen LogP contribution in [0.15, 0.2) is 12.1 Å². The number of carbonyl (C=O) groups is 2. The van der Waals surface area contributed by atoms with Gasteiger partial charge in [0.25, 0.3) is 5.91 Å². The molecule has 0 bridgehead atoms. The number of benzene rings is 1. The Hall–Kier alpha value is -2.04. The Morgan fingerprint density at radius 2 is 1.95 bits per heavy atom. The van der Waals surface area contributed by atoms with Crippen molar-refractivity contribution in [2.45, 2.75) is 33.8 Å². The third-order valence-corrected chi connectivity index (χ3v) is 2.85. The molecular formula is C14H19NO4. The SMILES string of the molecule is Cc1cc(C)c(C)c(OC(C)C(=O)NCC(=O)O)c1. The molecule has 0 aromatic heterocycles. The van der Waals surface area contributed by atoms with Crippen molar-refractivity contribution in [3.8, 4) is 5.75 Å². The molecule has 0 aliphatic heterocycles. The third kappa shape index (κ3) is 4.28. The van der Waals surface area contributed by atoms with E-state index in [1.165, 1.54) is 0 Å². The van der Waals surface area contributed by atoms with Crippen molar-refractivity contribution in [1.29, 1.82) is 0 Å². The molecule has 1 amide bonds. The fourth-order valence-corrected chi connectivity index (χ4v) is 1.67. The van der Waals surface area contributed by atoms with Crippen molar-refractivity contribution in [2.75, 3.05) is 6.54 Å². The maximum atomic E-state index is 11.6. The molecule has 104 valence electrons. The van der Waals surface area contributed by atoms with Gasteiger partial charge in [-0.1, -0.05) is 6.07 Å². The van der Waals surface area contributed by atoms with Gasteiger partial charge in [0.15, 0.2) is 6.10 Å². The zero-order chi connectivity index (χ0) is 14.6. The summed E-state index contributed by atoms with van der Waals surface area (Å²) < 4.78 is 5.60. The quantitative estimate of drug-likeness (QED) is 0.847. The molecular weight excluding hydrogens is 246 g/mol. The van der Waals surface area contributed by atoms with E-state index in [0.717, 1.165) is 16.7 Å². The lowest BCUT2D eigenvalue weighted by atomic mass is 10.1. The molecule has 0 saturated heterocycles. The number of hydrogen-bond acceptors (Lipinski definition) is 3. The number of aryl methyl sites for hydroxylation is 2. The molecule has 1 atom stereocenters. The number of rotatable bonds is 5. The summed E-state index contributed by atoms with van der Waals surface area (Å²) in [6.45, 7) is 7.04. The Morgan fingerprint density at radius 3 is 2.53 bits per heavy atom. The van der Waals surface area contributed by atoms with E-state index in [9.17, 15) is 9.59 Å². The summed E-state index contributed by atoms with van der Waals surface area (Å²) in [4.78, 5) is 22.0. The van der Waals surface area contributed by atoms with Crippen LogP contribution in [0.1, 0.15) is 23.6 Å². The van der Waals surface area contributed by atoms with E-state index in [1.807, 2.05) is 32.9 Å². The summed E-state index contributed by atoms with van der Waals surface area (Å²) in [6.07, 6.45) is -0.737. The number of carboxylic acid groups (broad SMARTS) is 1. The molecule has 2 N–H and O–H groups in total. The van der Waals surface area contributed by atoms with Crippen LogP contribution >= 0.6 is 0 Å². The lowest BCUT2D eigenvalue weighted by Gasteiger charge is -2.17. The minimum atomic E-state index is -1.08. The molecule has 0 saturated carbocycles. The highest BCUT2D eigenvalue weighted by Gasteiger charge is 2.16. The van der Waals surface area contributed by atoms with Crippen LogP contribution in [0.4, 0.5) is 0 Å². The van der Waals surface area contributed by atoms with Crippen molar-refractivity contribution in [3.05, 3.63) is 28.8 Å². The van der Waals surface area contributed by atoms with Gasteiger partial charge in [0, 0.05) is 0 Å². The monoisotopic (exact) mass is 265 g/mol. The van der Waals surface area contributed by atoms with Gasteiger partial charge in [-0.3, -0.25) is 9.59 Å². The van der Waals surface area contributed by atoms with Crippen molar-refractivity contribution in [1.82, 2.24) is 5.32 Å². The van der Waals surface area contributed by atoms with E-state index in [1.54, 1.807) is 6.92 Å². The highest BCUT2D eigenvalue weighted by atomic mass is 16.5. The normalized spacial score (nSPS) is 11.8. The highest BCUT2D eigenvalue weighted by molar-refractivity contribution is 5.84. The van der Waals surface area contributed by atoms with E-state index in [0.29, 0.717) is 5.75 Å². The second-order valence-corrected chi connectivity index (χ2v) is 4.58. The van der Waals surface area contributed by atoms with E-state index < -0.39 is 24.5 Å². The second kappa shape index (κ2) is 6.22. The van der Waals surface area contributed by atoms with Gasteiger partial charge < -0.3 is 15.2 Å². The van der Waals surface area contributed by atoms with Crippen LogP contribution < -0.4 is 10.1 Å². The summed E-state index contributed by atoms with van der Waals surface area (Å²) in [5.41, 5.74) is 3.12. The highest BCUT2D eigenvalue weighted by Crippen LogP contribution is 2.24. The van der Waals surface area contributed by atoms with Crippen LogP contribution in [-0.4, -0.2) is 29.6 Å². The predicted octanol–water partition coefficient (Wildman–Crippen LogP) is 1.58. The molecule has 0 aliphatic carbocycles. The van der Waals surface area contributed by atoms with E-state index in [4.69, 9.17) is 9.84 Å². The van der Waals surface area contributed by atoms with Crippen LogP contribution in [0.5, 0.6) is 5.75 Å². The number of aliphatic carboxylic acids is 1. The fraction of sp³-hybridized carbons (Fsp3) is 0.429. The fourth-order valence-electron chi connectivity index (χ4n) is 1.67. The molecule has 0 fully saturated rings. The van der Waals surface area contributed by atoms with Crippen LogP contribution in [-0.2, 0) is 9.59 Å². The smallest absolute Gasteiger partial charge is 0.322 e. The number of carbonyl (C=O) groups excluding carboxylic acids is 1. The van der Waals surface area contributed by atoms with Crippen molar-refractivity contribution in [3.63, 3.8) is 0 Å². The first-order valence-electron chi connectivity index (χ1n) is 6.05. The van der Waals surface area contributed by atoms with Crippen LogP contribution in [0.3, 0.4) is 0 Å². The Bertz CT molecular complexity index is 496. The first kappa shape index (κ1) is 15.0. The summed E-state index contributed by atoms with van der Waals surface area (Å²) in [6, 6.07) is 3.90. The number of amides is 1. The molecule has 1 rings (SSSR count). The number of nitrogens with one attached hydrogen (secondary N) is 1. The maximum absolute atomic E-state index is 11.6. The van der Waals surface area contributed by atoms with Crippen molar-refractivity contribution < 1.29 is 19.4 Å². The summed E-state index contributed by atoms with van der Waals surface area (Å²) in [7, 11) is 0. The molecule has 1 aromatic carbocycles. The molecule has 1 unspecified atom stereocenters. The Labute approximate surface area is 112 Å². The van der Waals surface area contributed by atoms with Crippen molar-refractivity contribution in [2.24, 2.45) is 0 Å². The molecule has 0 heterocycles. The molecule has 0 aliphatic rings. The summed E-state index contributed by atoms with van der Waals surface area (Å²) >= 11 is 0. The zero-order valence-electron chi connectivity index (χ0n) is 11.6. The molecule has 0 spiro atoms. The van der Waals surface area contributed by atoms with Gasteiger partial charge >= 0.3 is 5.97 Å². The van der Waals surface area contributed by atoms with E-state index in [2.05, 4.69) is 5.32 Å². The molecule has 1 aromatic rings. The number of carboxylic acids is 1. The third-order valence-electron chi connectivity index (χ3n) is 2.85. The van der Waals surface area contributed by atoms with Gasteiger partial charge in [-0.25, -0.2) is 0 Å². The standard InChI is InChI=1S/C14H19NO4/c1-8-5-9(2)10(3)12(6-8)19-11(4)14(18)15-7-13(16)17/h5-6,11H,7H2,1-4H3,(H,15,18)(H,16,17). The van der Waals surface area contributed by atoms with Crippen molar-refractivity contribution >= 4 is 11.9 Å². The topological polar surface area (TPSA) is 75.6 Å². The van der Waals surface area contributed by atoms with Gasteiger partial charge in [-0.2, -0.15) is 0 Å². The molecule has 5 nitrogen and oxygen atoms in total. The van der Waals surface area contributed by atoms with Crippen LogP contribution in [0.25, 0.3) is 0 Å². The minimum absolute atomic E-state index is 0.404. The minimum Gasteiger partial charge on any atom is -0.481 e. The van der Waals surface area contributed by atoms with Gasteiger partial charge in [0.2, 0.25) is 0 Å². The largest absolute Gasteiger partial charge is 0.481 e. The van der Waals surface area contributed by atoms with Crippen LogP contribution in [0.2, 0.25) is 0 Å². The first-order chi connectivity index (χ1) is 8.81. The van der Waals surface area contributed by atoms with E-state index in [-0.39, 0.29) is 0 Å². The van der Waals surface area contributed by atoms with Gasteiger partial charge in [0.1, 0.15) is 12.3 Å². The van der Waals surface area contributed by atoms with Gasteiger partial charge in [-0.15, -0.1) is 0 Å². The van der Waals surface area contributed by atoms with Gasteiger partial charge in [0.05, 0.1) is 0 Å². The lowest BCUT2D eigenvalue weighted by Crippen LogP contribution is -2.39. The average Bonchev–Trinajstić information content (AvgIpc) is 2.32. The summed E-state index contributed by atoms with van der Waals surface area (Å²) in [5, 5.41) is 10.8. The molecule has 0 radical (unpaired) electrons. The first-order valence-corrected chi connectivity index (χ1v) is 6.05. The Balaban J connectivity index is 2.74. The molecule has 19 heavy (non-hydrogen) atoms. The van der Waals surface area contributed by atoms with E-state index >= 15 is 0 Å². The zero-order valence-corrected chi connectivity index (χ0v) is 11.6. The number of ether oxygens (including phenoxy) is 1. The Morgan fingerprint density at radius 1 is 1.32 bits per heavy atom. The van der Waals surface area contributed by atoms with Gasteiger partial charge in [-0.05, 0) is 50.5 Å². The average molecular weight is 265 g/mol. The summed E-state index contributed by atoms with van der Waals surface area (Å²) in [5.74, 6) is -0.875. The number of hydrogen-bond donors (Lipinski definition) is 2. The predicted molar refractivity (Wildman–Crippen MR) is 71.4 cm³/mol.